The highest BCUT2D eigenvalue weighted by molar-refractivity contribution is 6.10. The van der Waals surface area contributed by atoms with Crippen molar-refractivity contribution in [2.75, 3.05) is 4.90 Å². The van der Waals surface area contributed by atoms with Crippen molar-refractivity contribution in [2.45, 2.75) is 12.8 Å². The first-order valence-electron chi connectivity index (χ1n) is 20.2. The van der Waals surface area contributed by atoms with E-state index in [0.717, 1.165) is 29.9 Å². The summed E-state index contributed by atoms with van der Waals surface area (Å²) in [4.78, 5) is 2.40. The monoisotopic (exact) mass is 740 g/mol. The van der Waals surface area contributed by atoms with Crippen LogP contribution in [0.1, 0.15) is 17.7 Å². The topological polar surface area (TPSA) is 8.17 Å². The van der Waals surface area contributed by atoms with Crippen molar-refractivity contribution in [2.24, 2.45) is 0 Å². The molecule has 1 aliphatic rings. The number of rotatable bonds is 7. The van der Waals surface area contributed by atoms with E-state index in [1.54, 1.807) is 0 Å². The van der Waals surface area contributed by atoms with E-state index in [-0.39, 0.29) is 0 Å². The normalized spacial score (nSPS) is 12.3. The first-order valence-corrected chi connectivity index (χ1v) is 20.2. The molecule has 0 spiro atoms. The van der Waals surface area contributed by atoms with Gasteiger partial charge in [0.1, 0.15) is 0 Å². The number of hydrogen-bond donors (Lipinski definition) is 0. The third-order valence-electron chi connectivity index (χ3n) is 11.8. The Morgan fingerprint density at radius 2 is 1.02 bits per heavy atom. The maximum absolute atomic E-state index is 2.53. The van der Waals surface area contributed by atoms with Crippen LogP contribution in [0.15, 0.2) is 212 Å². The highest BCUT2D eigenvalue weighted by Crippen LogP contribution is 2.43. The van der Waals surface area contributed by atoms with Gasteiger partial charge in [-0.1, -0.05) is 176 Å². The first kappa shape index (κ1) is 33.9. The average Bonchev–Trinajstić information content (AvgIpc) is 3.65. The van der Waals surface area contributed by atoms with Crippen molar-refractivity contribution in [1.82, 2.24) is 4.57 Å². The molecular formula is C56H40N2. The summed E-state index contributed by atoms with van der Waals surface area (Å²) in [6, 6.07) is 75.2. The van der Waals surface area contributed by atoms with Crippen molar-refractivity contribution in [3.63, 3.8) is 0 Å². The van der Waals surface area contributed by atoms with Crippen LogP contribution in [0.25, 0.3) is 77.6 Å². The summed E-state index contributed by atoms with van der Waals surface area (Å²) in [6.45, 7) is 0. The van der Waals surface area contributed by atoms with Crippen LogP contribution in [-0.4, -0.2) is 4.57 Å². The Labute approximate surface area is 339 Å². The van der Waals surface area contributed by atoms with Crippen molar-refractivity contribution in [1.29, 1.82) is 0 Å². The Kier molecular flexibility index (Phi) is 8.33. The number of para-hydroxylation sites is 1. The summed E-state index contributed by atoms with van der Waals surface area (Å²) in [5.74, 6) is 0. The van der Waals surface area contributed by atoms with Crippen LogP contribution >= 0.6 is 0 Å². The molecule has 0 aliphatic heterocycles. The third-order valence-corrected chi connectivity index (χ3v) is 11.8. The number of aromatic nitrogens is 1. The fraction of sp³-hybridized carbons (Fsp3) is 0.0357. The minimum absolute atomic E-state index is 1.02. The third kappa shape index (κ3) is 5.81. The predicted octanol–water partition coefficient (Wildman–Crippen LogP) is 15.4. The number of allylic oxidation sites excluding steroid dienone is 1. The zero-order chi connectivity index (χ0) is 38.4. The minimum atomic E-state index is 1.02. The largest absolute Gasteiger partial charge is 0.312 e. The second-order valence-corrected chi connectivity index (χ2v) is 15.2. The van der Waals surface area contributed by atoms with Crippen LogP contribution in [0, 0.1) is 0 Å². The molecule has 1 aromatic heterocycles. The molecule has 0 atom stereocenters. The Hall–Kier alpha value is -7.42. The zero-order valence-corrected chi connectivity index (χ0v) is 32.1. The summed E-state index contributed by atoms with van der Waals surface area (Å²) in [5, 5.41) is 6.39. The van der Waals surface area contributed by atoms with Crippen LogP contribution in [0.5, 0.6) is 0 Å². The van der Waals surface area contributed by atoms with Crippen molar-refractivity contribution >= 4 is 55.6 Å². The summed E-state index contributed by atoms with van der Waals surface area (Å²) >= 11 is 0. The second-order valence-electron chi connectivity index (χ2n) is 15.2. The Morgan fingerprint density at radius 3 is 1.83 bits per heavy atom. The van der Waals surface area contributed by atoms with Gasteiger partial charge in [0.15, 0.2) is 0 Å². The smallest absolute Gasteiger partial charge is 0.0616 e. The summed E-state index contributed by atoms with van der Waals surface area (Å²) in [5.41, 5.74) is 15.8. The highest BCUT2D eigenvalue weighted by Gasteiger charge is 2.21. The number of hydrogen-bond acceptors (Lipinski definition) is 1. The van der Waals surface area contributed by atoms with Crippen LogP contribution in [0.4, 0.5) is 17.1 Å². The molecule has 9 aromatic carbocycles. The van der Waals surface area contributed by atoms with Crippen molar-refractivity contribution < 1.29 is 0 Å². The first-order chi connectivity index (χ1) is 28.8. The van der Waals surface area contributed by atoms with Gasteiger partial charge >= 0.3 is 0 Å². The van der Waals surface area contributed by atoms with Gasteiger partial charge in [-0.05, 0) is 99.3 Å². The van der Waals surface area contributed by atoms with E-state index in [1.807, 2.05) is 0 Å². The lowest BCUT2D eigenvalue weighted by atomic mass is 9.97. The van der Waals surface area contributed by atoms with Crippen LogP contribution in [0.2, 0.25) is 0 Å². The fourth-order valence-corrected chi connectivity index (χ4v) is 9.12. The zero-order valence-electron chi connectivity index (χ0n) is 32.1. The summed E-state index contributed by atoms with van der Waals surface area (Å²) in [6.07, 6.45) is 6.73. The van der Waals surface area contributed by atoms with Gasteiger partial charge in [-0.3, -0.25) is 0 Å². The number of nitrogens with zero attached hydrogens (tertiary/aromatic N) is 2. The van der Waals surface area contributed by atoms with Gasteiger partial charge in [0, 0.05) is 44.7 Å². The quantitative estimate of drug-likeness (QED) is 0.158. The molecule has 0 unspecified atom stereocenters. The molecule has 1 aliphatic carbocycles. The molecule has 0 bridgehead atoms. The molecule has 274 valence electrons. The van der Waals surface area contributed by atoms with Crippen LogP contribution < -0.4 is 4.90 Å². The maximum Gasteiger partial charge on any atom is 0.0616 e. The molecule has 11 rings (SSSR count). The minimum Gasteiger partial charge on any atom is -0.312 e. The van der Waals surface area contributed by atoms with Gasteiger partial charge in [0.2, 0.25) is 0 Å². The summed E-state index contributed by atoms with van der Waals surface area (Å²) < 4.78 is 2.53. The Balaban J connectivity index is 1.01. The van der Waals surface area contributed by atoms with Crippen LogP contribution in [-0.2, 0) is 6.42 Å². The van der Waals surface area contributed by atoms with Crippen LogP contribution in [0.3, 0.4) is 0 Å². The molecule has 10 aromatic rings. The lowest BCUT2D eigenvalue weighted by Gasteiger charge is -2.28. The lowest BCUT2D eigenvalue weighted by Crippen LogP contribution is -2.11. The molecule has 0 saturated carbocycles. The average molecular weight is 741 g/mol. The molecule has 0 N–H and O–H groups in total. The molecule has 0 saturated heterocycles. The number of fused-ring (bicyclic) bond motifs is 6. The summed E-state index contributed by atoms with van der Waals surface area (Å²) in [7, 11) is 0. The van der Waals surface area contributed by atoms with Gasteiger partial charge in [-0.15, -0.1) is 0 Å². The Morgan fingerprint density at radius 1 is 0.414 bits per heavy atom. The van der Waals surface area contributed by atoms with Gasteiger partial charge in [-0.2, -0.15) is 0 Å². The van der Waals surface area contributed by atoms with Gasteiger partial charge in [-0.25, -0.2) is 0 Å². The molecule has 0 fully saturated rings. The van der Waals surface area contributed by atoms with E-state index < -0.39 is 0 Å². The van der Waals surface area contributed by atoms with E-state index in [1.165, 1.54) is 82.8 Å². The lowest BCUT2D eigenvalue weighted by molar-refractivity contribution is 0.890. The molecular weight excluding hydrogens is 701 g/mol. The van der Waals surface area contributed by atoms with Gasteiger partial charge in [0.25, 0.3) is 0 Å². The molecule has 2 heteroatoms. The maximum atomic E-state index is 2.53. The second kappa shape index (κ2) is 14.3. The van der Waals surface area contributed by atoms with E-state index in [9.17, 15) is 0 Å². The molecule has 2 nitrogen and oxygen atoms in total. The molecule has 0 amide bonds. The SMILES string of the molecule is C1=Cc2c(n(-c3cccc(-c4ccc(N(c5ccc(-c6cccc7ccccc67)cc5)c5ccccc5-c5ccccc5)cc4)c3)c3c2ccc2ccccc23)CC1. The van der Waals surface area contributed by atoms with Crippen molar-refractivity contribution in [3.8, 4) is 39.1 Å². The van der Waals surface area contributed by atoms with Gasteiger partial charge in [0.05, 0.1) is 11.2 Å². The fourth-order valence-electron chi connectivity index (χ4n) is 9.12. The van der Waals surface area contributed by atoms with E-state index in [2.05, 4.69) is 228 Å². The molecule has 58 heavy (non-hydrogen) atoms. The molecule has 1 heterocycles. The number of benzene rings is 9. The van der Waals surface area contributed by atoms with E-state index in [4.69, 9.17) is 0 Å². The van der Waals surface area contributed by atoms with E-state index >= 15 is 0 Å². The molecule has 0 radical (unpaired) electrons. The standard InChI is InChI=1S/C56H40N2/c1-2-14-41(15-3-1)50-22-8-10-26-54(50)57(46-35-30-43(31-36-46)49-25-13-18-40-16-4-6-21-48(40)49)45-33-28-39(29-34-45)44-19-12-20-47(38-44)58-55-27-11-9-24-52(55)53-37-32-42-17-5-7-23-51(42)56(53)58/h1-10,12-26,28-38H,11,27H2. The predicted molar refractivity (Wildman–Crippen MR) is 247 cm³/mol. The Bertz CT molecular complexity index is 3150. The number of anilines is 3. The van der Waals surface area contributed by atoms with E-state index in [0.29, 0.717) is 0 Å². The highest BCUT2D eigenvalue weighted by atomic mass is 15.1. The van der Waals surface area contributed by atoms with Crippen molar-refractivity contribution in [3.05, 3.63) is 224 Å². The van der Waals surface area contributed by atoms with Gasteiger partial charge < -0.3 is 9.47 Å².